The summed E-state index contributed by atoms with van der Waals surface area (Å²) in [5.41, 5.74) is -0.175. The van der Waals surface area contributed by atoms with Gasteiger partial charge in [-0.15, -0.1) is 0 Å². The van der Waals surface area contributed by atoms with Gasteiger partial charge in [-0.25, -0.2) is 4.68 Å². The fourth-order valence-electron chi connectivity index (χ4n) is 3.10. The monoisotopic (exact) mass is 356 g/mol. The van der Waals surface area contributed by atoms with Crippen molar-refractivity contribution in [1.29, 1.82) is 0 Å². The standard InChI is InChI=1S/C18H20N4O4/c1-12-7-9-20(10-8-12)18(24)17-16(23)11-13(2)21(19-17)14-5-3-4-6-15(14)22(25)26/h3-6,11-12H,7-10H2,1-2H3. The molecule has 3 rings (SSSR count). The molecule has 1 amide bonds. The summed E-state index contributed by atoms with van der Waals surface area (Å²) in [5.74, 6) is 0.128. The largest absolute Gasteiger partial charge is 0.337 e. The van der Waals surface area contributed by atoms with E-state index in [4.69, 9.17) is 0 Å². The molecule has 1 fully saturated rings. The average molecular weight is 356 g/mol. The summed E-state index contributed by atoms with van der Waals surface area (Å²) >= 11 is 0. The number of carbonyl (C=O) groups is 1. The van der Waals surface area contributed by atoms with Gasteiger partial charge in [0.1, 0.15) is 5.69 Å². The van der Waals surface area contributed by atoms with Crippen molar-refractivity contribution >= 4 is 11.6 Å². The van der Waals surface area contributed by atoms with E-state index in [1.54, 1.807) is 30.0 Å². The van der Waals surface area contributed by atoms with Gasteiger partial charge in [0.15, 0.2) is 5.69 Å². The highest BCUT2D eigenvalue weighted by Gasteiger charge is 2.26. The molecule has 136 valence electrons. The van der Waals surface area contributed by atoms with Crippen molar-refractivity contribution in [3.05, 3.63) is 62.1 Å². The number of piperidine rings is 1. The molecule has 0 saturated carbocycles. The van der Waals surface area contributed by atoms with E-state index in [2.05, 4.69) is 12.0 Å². The van der Waals surface area contributed by atoms with Crippen LogP contribution in [0.4, 0.5) is 5.69 Å². The Morgan fingerprint density at radius 3 is 2.58 bits per heavy atom. The van der Waals surface area contributed by atoms with E-state index in [1.165, 1.54) is 16.8 Å². The lowest BCUT2D eigenvalue weighted by molar-refractivity contribution is -0.384. The molecule has 0 unspecified atom stereocenters. The number of nitro groups is 1. The summed E-state index contributed by atoms with van der Waals surface area (Å²) in [6, 6.07) is 7.40. The highest BCUT2D eigenvalue weighted by Crippen LogP contribution is 2.22. The molecule has 8 nitrogen and oxygen atoms in total. The molecular weight excluding hydrogens is 336 g/mol. The third-order valence-corrected chi connectivity index (χ3v) is 4.69. The molecule has 26 heavy (non-hydrogen) atoms. The van der Waals surface area contributed by atoms with E-state index in [0.29, 0.717) is 24.7 Å². The number of amides is 1. The number of benzene rings is 1. The zero-order valence-electron chi connectivity index (χ0n) is 14.7. The first kappa shape index (κ1) is 17.8. The predicted molar refractivity (Wildman–Crippen MR) is 95.5 cm³/mol. The highest BCUT2D eigenvalue weighted by molar-refractivity contribution is 5.92. The second-order valence-electron chi connectivity index (χ2n) is 6.63. The molecule has 1 aliphatic heterocycles. The molecule has 1 aliphatic rings. The Balaban J connectivity index is 2.05. The summed E-state index contributed by atoms with van der Waals surface area (Å²) in [6.07, 6.45) is 1.77. The normalized spacial score (nSPS) is 15.1. The maximum atomic E-state index is 12.8. The summed E-state index contributed by atoms with van der Waals surface area (Å²) < 4.78 is 1.29. The van der Waals surface area contributed by atoms with Crippen LogP contribution in [0.5, 0.6) is 0 Å². The lowest BCUT2D eigenvalue weighted by atomic mass is 9.99. The molecule has 1 saturated heterocycles. The molecule has 8 heteroatoms. The summed E-state index contributed by atoms with van der Waals surface area (Å²) in [4.78, 5) is 37.5. The number of carbonyl (C=O) groups excluding carboxylic acids is 1. The minimum Gasteiger partial charge on any atom is -0.337 e. The number of hydrogen-bond donors (Lipinski definition) is 0. The quantitative estimate of drug-likeness (QED) is 0.621. The predicted octanol–water partition coefficient (Wildman–Crippen LogP) is 2.32. The van der Waals surface area contributed by atoms with Gasteiger partial charge < -0.3 is 4.90 Å². The van der Waals surface area contributed by atoms with Crippen LogP contribution in [0.15, 0.2) is 35.1 Å². The summed E-state index contributed by atoms with van der Waals surface area (Å²) in [7, 11) is 0. The topological polar surface area (TPSA) is 98.3 Å². The second-order valence-corrected chi connectivity index (χ2v) is 6.63. The molecule has 0 N–H and O–H groups in total. The van der Waals surface area contributed by atoms with Gasteiger partial charge in [-0.3, -0.25) is 19.7 Å². The van der Waals surface area contributed by atoms with Gasteiger partial charge in [-0.05, 0) is 31.7 Å². The Morgan fingerprint density at radius 1 is 1.27 bits per heavy atom. The van der Waals surface area contributed by atoms with E-state index in [-0.39, 0.29) is 17.1 Å². The maximum absolute atomic E-state index is 12.8. The first-order valence-electron chi connectivity index (χ1n) is 8.52. The smallest absolute Gasteiger partial charge is 0.294 e. The summed E-state index contributed by atoms with van der Waals surface area (Å²) in [6.45, 7) is 4.93. The Morgan fingerprint density at radius 2 is 1.92 bits per heavy atom. The minimum atomic E-state index is -0.512. The van der Waals surface area contributed by atoms with Crippen molar-refractivity contribution in [3.63, 3.8) is 0 Å². The zero-order chi connectivity index (χ0) is 18.8. The molecule has 2 heterocycles. The number of nitrogens with zero attached hydrogens (tertiary/aromatic N) is 4. The highest BCUT2D eigenvalue weighted by atomic mass is 16.6. The van der Waals surface area contributed by atoms with Crippen LogP contribution < -0.4 is 5.43 Å². The van der Waals surface area contributed by atoms with Crippen LogP contribution >= 0.6 is 0 Å². The Bertz CT molecular complexity index is 914. The van der Waals surface area contributed by atoms with Crippen LogP contribution in [0.3, 0.4) is 0 Å². The molecular formula is C18H20N4O4. The van der Waals surface area contributed by atoms with E-state index >= 15 is 0 Å². The molecule has 0 aliphatic carbocycles. The number of nitro benzene ring substituents is 1. The minimum absolute atomic E-state index is 0.142. The average Bonchev–Trinajstić information content (AvgIpc) is 2.62. The van der Waals surface area contributed by atoms with E-state index in [9.17, 15) is 19.7 Å². The molecule has 0 bridgehead atoms. The first-order chi connectivity index (χ1) is 12.4. The number of aromatic nitrogens is 2. The molecule has 1 aromatic heterocycles. The third-order valence-electron chi connectivity index (χ3n) is 4.69. The lowest BCUT2D eigenvalue weighted by Gasteiger charge is -2.29. The number of para-hydroxylation sites is 2. The molecule has 0 atom stereocenters. The van der Waals surface area contributed by atoms with Crippen LogP contribution in [0, 0.1) is 23.0 Å². The maximum Gasteiger partial charge on any atom is 0.294 e. The Kier molecular flexibility index (Phi) is 4.83. The van der Waals surface area contributed by atoms with Gasteiger partial charge in [-0.2, -0.15) is 5.10 Å². The van der Waals surface area contributed by atoms with Gasteiger partial charge in [0.2, 0.25) is 5.43 Å². The summed E-state index contributed by atoms with van der Waals surface area (Å²) in [5, 5.41) is 15.5. The van der Waals surface area contributed by atoms with Crippen LogP contribution in [-0.4, -0.2) is 38.6 Å². The Hall–Kier alpha value is -3.03. The van der Waals surface area contributed by atoms with Crippen molar-refractivity contribution in [2.45, 2.75) is 26.7 Å². The molecule has 2 aromatic rings. The fraction of sp³-hybridized carbons (Fsp3) is 0.389. The third kappa shape index (κ3) is 3.35. The lowest BCUT2D eigenvalue weighted by Crippen LogP contribution is -2.41. The van der Waals surface area contributed by atoms with Gasteiger partial charge in [0, 0.05) is 30.9 Å². The van der Waals surface area contributed by atoms with Gasteiger partial charge in [0.25, 0.3) is 11.6 Å². The van der Waals surface area contributed by atoms with Crippen LogP contribution in [0.2, 0.25) is 0 Å². The van der Waals surface area contributed by atoms with Gasteiger partial charge in [-0.1, -0.05) is 19.1 Å². The molecule has 1 aromatic carbocycles. The molecule has 0 radical (unpaired) electrons. The van der Waals surface area contributed by atoms with Crippen LogP contribution in [-0.2, 0) is 0 Å². The fourth-order valence-corrected chi connectivity index (χ4v) is 3.10. The second kappa shape index (κ2) is 7.07. The van der Waals surface area contributed by atoms with Crippen LogP contribution in [0.25, 0.3) is 5.69 Å². The number of likely N-dealkylation sites (tertiary alicyclic amines) is 1. The van der Waals surface area contributed by atoms with Crippen molar-refractivity contribution < 1.29 is 9.72 Å². The van der Waals surface area contributed by atoms with Crippen LogP contribution in [0.1, 0.15) is 35.9 Å². The van der Waals surface area contributed by atoms with Crippen molar-refractivity contribution in [3.8, 4) is 5.69 Å². The van der Waals surface area contributed by atoms with Crippen molar-refractivity contribution in [2.24, 2.45) is 5.92 Å². The SMILES string of the molecule is Cc1cc(=O)c(C(=O)N2CCC(C)CC2)nn1-c1ccccc1[N+](=O)[O-]. The zero-order valence-corrected chi connectivity index (χ0v) is 14.7. The first-order valence-corrected chi connectivity index (χ1v) is 8.52. The Labute approximate surface area is 150 Å². The van der Waals surface area contributed by atoms with E-state index < -0.39 is 16.3 Å². The van der Waals surface area contributed by atoms with E-state index in [1.807, 2.05) is 0 Å². The van der Waals surface area contributed by atoms with E-state index in [0.717, 1.165) is 12.8 Å². The van der Waals surface area contributed by atoms with Gasteiger partial charge >= 0.3 is 0 Å². The van der Waals surface area contributed by atoms with Crippen molar-refractivity contribution in [1.82, 2.24) is 14.7 Å². The van der Waals surface area contributed by atoms with Gasteiger partial charge in [0.05, 0.1) is 4.92 Å². The molecule has 0 spiro atoms. The number of aryl methyl sites for hydroxylation is 1. The number of hydrogen-bond acceptors (Lipinski definition) is 5. The number of rotatable bonds is 3. The van der Waals surface area contributed by atoms with Crippen molar-refractivity contribution in [2.75, 3.05) is 13.1 Å².